The molecule has 1 aromatic carbocycles. The molecule has 30 heavy (non-hydrogen) atoms. The van der Waals surface area contributed by atoms with Gasteiger partial charge in [-0.15, -0.1) is 0 Å². The molecule has 1 spiro atoms. The van der Waals surface area contributed by atoms with Crippen LogP contribution in [-0.2, 0) is 18.3 Å². The molecule has 0 bridgehead atoms. The van der Waals surface area contributed by atoms with Crippen LogP contribution in [0, 0.1) is 0 Å². The van der Waals surface area contributed by atoms with E-state index in [9.17, 15) is 4.79 Å². The van der Waals surface area contributed by atoms with Gasteiger partial charge in [-0.1, -0.05) is 31.2 Å². The van der Waals surface area contributed by atoms with Crippen molar-refractivity contribution in [1.29, 1.82) is 0 Å². The smallest absolute Gasteiger partial charge is 0.271 e. The summed E-state index contributed by atoms with van der Waals surface area (Å²) in [5.41, 5.74) is 11.6. The number of nitrogens with two attached hydrogens (primary N) is 1. The van der Waals surface area contributed by atoms with Crippen molar-refractivity contribution in [3.05, 3.63) is 59.0 Å². The lowest BCUT2D eigenvalue weighted by Crippen LogP contribution is -2.48. The summed E-state index contributed by atoms with van der Waals surface area (Å²) in [6.45, 7) is 3.54. The summed E-state index contributed by atoms with van der Waals surface area (Å²) >= 11 is 0. The van der Waals surface area contributed by atoms with E-state index in [-0.39, 0.29) is 11.3 Å². The molecule has 2 aliphatic rings. The number of amides is 1. The third-order valence-corrected chi connectivity index (χ3v) is 6.59. The van der Waals surface area contributed by atoms with Crippen molar-refractivity contribution < 1.29 is 4.79 Å². The molecule has 1 amide bonds. The molecule has 3 aromatic rings. The van der Waals surface area contributed by atoms with Crippen LogP contribution in [0.15, 0.2) is 36.5 Å². The van der Waals surface area contributed by atoms with Gasteiger partial charge < -0.3 is 10.6 Å². The molecule has 7 nitrogen and oxygen atoms in total. The average molecular weight is 403 g/mol. The van der Waals surface area contributed by atoms with Crippen LogP contribution in [0.3, 0.4) is 0 Å². The van der Waals surface area contributed by atoms with Gasteiger partial charge in [-0.05, 0) is 49.3 Å². The molecule has 1 aliphatic heterocycles. The summed E-state index contributed by atoms with van der Waals surface area (Å²) in [6, 6.07) is 10.2. The summed E-state index contributed by atoms with van der Waals surface area (Å²) in [5.74, 6) is 0.305. The number of likely N-dealkylation sites (tertiary alicyclic amines) is 1. The lowest BCUT2D eigenvalue weighted by molar-refractivity contribution is 0.0627. The van der Waals surface area contributed by atoms with Crippen molar-refractivity contribution in [2.75, 3.05) is 18.8 Å². The third-order valence-electron chi connectivity index (χ3n) is 6.59. The molecule has 3 heterocycles. The highest BCUT2D eigenvalue weighted by Gasteiger charge is 2.45. The van der Waals surface area contributed by atoms with E-state index >= 15 is 0 Å². The van der Waals surface area contributed by atoms with Crippen LogP contribution in [0.4, 0.5) is 5.95 Å². The van der Waals surface area contributed by atoms with Gasteiger partial charge in [0.25, 0.3) is 5.91 Å². The van der Waals surface area contributed by atoms with Gasteiger partial charge in [-0.25, -0.2) is 9.97 Å². The molecule has 0 saturated carbocycles. The topological polar surface area (TPSA) is 101 Å². The molecule has 0 radical (unpaired) electrons. The Morgan fingerprint density at radius 2 is 2.10 bits per heavy atom. The molecule has 1 fully saturated rings. The Hall–Kier alpha value is -3.22. The maximum atomic E-state index is 13.3. The molecule has 1 unspecified atom stereocenters. The summed E-state index contributed by atoms with van der Waals surface area (Å²) in [5, 5.41) is 7.34. The maximum Gasteiger partial charge on any atom is 0.271 e. The van der Waals surface area contributed by atoms with Crippen LogP contribution in [0.5, 0.6) is 0 Å². The lowest BCUT2D eigenvalue weighted by atomic mass is 9.77. The molecule has 2 aromatic heterocycles. The minimum absolute atomic E-state index is 0.00604. The third kappa shape index (κ3) is 3.14. The maximum absolute atomic E-state index is 13.3. The summed E-state index contributed by atoms with van der Waals surface area (Å²) in [4.78, 5) is 23.9. The number of carbonyl (C=O) groups is 1. The molecule has 1 aliphatic carbocycles. The average Bonchev–Trinajstić information content (AvgIpc) is 3.40. The molecule has 154 valence electrons. The van der Waals surface area contributed by atoms with Crippen LogP contribution in [0.2, 0.25) is 0 Å². The van der Waals surface area contributed by atoms with E-state index < -0.39 is 0 Å². The summed E-state index contributed by atoms with van der Waals surface area (Å²) in [7, 11) is 0. The normalized spacial score (nSPS) is 20.5. The standard InChI is InChI=1S/C23H26N6O/c1-2-15-4-6-16(7-5-15)18-12-19(28-27-18)21(30)29-11-3-9-23(14-29)10-8-17-13-25-22(24)26-20(17)23/h4-7,12-13H,2-3,8-11,14H2,1H3,(H,27,28)(H2,24,25,26). The molecule has 1 saturated heterocycles. The number of rotatable bonds is 3. The minimum Gasteiger partial charge on any atom is -0.368 e. The van der Waals surface area contributed by atoms with Crippen LogP contribution in [0.25, 0.3) is 11.3 Å². The second-order valence-corrected chi connectivity index (χ2v) is 8.43. The Kier molecular flexibility index (Phi) is 4.53. The van der Waals surface area contributed by atoms with E-state index in [2.05, 4.69) is 51.4 Å². The number of nitrogen functional groups attached to an aromatic ring is 1. The Morgan fingerprint density at radius 1 is 1.27 bits per heavy atom. The van der Waals surface area contributed by atoms with Crippen LogP contribution < -0.4 is 5.73 Å². The second-order valence-electron chi connectivity index (χ2n) is 8.43. The quantitative estimate of drug-likeness (QED) is 0.701. The minimum atomic E-state index is -0.112. The van der Waals surface area contributed by atoms with E-state index in [1.165, 1.54) is 5.56 Å². The molecule has 3 N–H and O–H groups in total. The zero-order valence-electron chi connectivity index (χ0n) is 17.2. The predicted octanol–water partition coefficient (Wildman–Crippen LogP) is 3.13. The van der Waals surface area contributed by atoms with Crippen molar-refractivity contribution in [1.82, 2.24) is 25.1 Å². The van der Waals surface area contributed by atoms with Crippen molar-refractivity contribution in [3.8, 4) is 11.3 Å². The number of H-pyrrole nitrogens is 1. The number of carbonyl (C=O) groups excluding carboxylic acids is 1. The molecule has 1 atom stereocenters. The van der Waals surface area contributed by atoms with E-state index in [4.69, 9.17) is 5.73 Å². The van der Waals surface area contributed by atoms with Crippen molar-refractivity contribution in [2.24, 2.45) is 0 Å². The number of hydrogen-bond donors (Lipinski definition) is 2. The summed E-state index contributed by atoms with van der Waals surface area (Å²) < 4.78 is 0. The number of anilines is 1. The van der Waals surface area contributed by atoms with Gasteiger partial charge in [0.1, 0.15) is 5.69 Å². The first kappa shape index (κ1) is 18.8. The highest BCUT2D eigenvalue weighted by Crippen LogP contribution is 2.44. The van der Waals surface area contributed by atoms with Gasteiger partial charge >= 0.3 is 0 Å². The lowest BCUT2D eigenvalue weighted by Gasteiger charge is -2.40. The van der Waals surface area contributed by atoms with E-state index in [1.807, 2.05) is 17.2 Å². The molecule has 7 heteroatoms. The van der Waals surface area contributed by atoms with Gasteiger partial charge in [0.2, 0.25) is 5.95 Å². The van der Waals surface area contributed by atoms with Crippen LogP contribution >= 0.6 is 0 Å². The van der Waals surface area contributed by atoms with E-state index in [1.54, 1.807) is 0 Å². The largest absolute Gasteiger partial charge is 0.368 e. The number of nitrogens with one attached hydrogen (secondary N) is 1. The van der Waals surface area contributed by atoms with Gasteiger partial charge in [0.15, 0.2) is 0 Å². The van der Waals surface area contributed by atoms with Crippen LogP contribution in [-0.4, -0.2) is 44.1 Å². The highest BCUT2D eigenvalue weighted by molar-refractivity contribution is 5.93. The van der Waals surface area contributed by atoms with E-state index in [0.29, 0.717) is 18.2 Å². The number of nitrogens with zero attached hydrogens (tertiary/aromatic N) is 4. The van der Waals surface area contributed by atoms with Crippen molar-refractivity contribution in [2.45, 2.75) is 44.4 Å². The number of aryl methyl sites for hydroxylation is 2. The van der Waals surface area contributed by atoms with Crippen molar-refractivity contribution in [3.63, 3.8) is 0 Å². The first-order valence-electron chi connectivity index (χ1n) is 10.6. The SMILES string of the molecule is CCc1ccc(-c2cc(C(=O)N3CCCC4(CCc5cnc(N)nc54)C3)[nH]n2)cc1. The zero-order valence-corrected chi connectivity index (χ0v) is 17.2. The number of benzene rings is 1. The highest BCUT2D eigenvalue weighted by atomic mass is 16.2. The van der Waals surface area contributed by atoms with Gasteiger partial charge in [-0.3, -0.25) is 9.89 Å². The molecule has 5 rings (SSSR count). The Labute approximate surface area is 175 Å². The van der Waals surface area contributed by atoms with Crippen LogP contribution in [0.1, 0.15) is 53.5 Å². The number of aromatic amines is 1. The Balaban J connectivity index is 1.37. The van der Waals surface area contributed by atoms with Gasteiger partial charge in [-0.2, -0.15) is 5.10 Å². The fourth-order valence-electron chi connectivity index (χ4n) is 4.92. The first-order valence-corrected chi connectivity index (χ1v) is 10.6. The Bertz CT molecular complexity index is 1090. The first-order chi connectivity index (χ1) is 14.6. The van der Waals surface area contributed by atoms with E-state index in [0.717, 1.165) is 61.2 Å². The molecular weight excluding hydrogens is 376 g/mol. The summed E-state index contributed by atoms with van der Waals surface area (Å²) in [6.07, 6.45) is 6.76. The van der Waals surface area contributed by atoms with Gasteiger partial charge in [0.05, 0.1) is 11.4 Å². The number of hydrogen-bond acceptors (Lipinski definition) is 5. The zero-order chi connectivity index (χ0) is 20.7. The number of fused-ring (bicyclic) bond motifs is 2. The number of aromatic nitrogens is 4. The number of piperidine rings is 1. The van der Waals surface area contributed by atoms with Crippen molar-refractivity contribution >= 4 is 11.9 Å². The Morgan fingerprint density at radius 3 is 2.90 bits per heavy atom. The fraction of sp³-hybridized carbons (Fsp3) is 0.391. The monoisotopic (exact) mass is 402 g/mol. The fourth-order valence-corrected chi connectivity index (χ4v) is 4.92. The predicted molar refractivity (Wildman–Crippen MR) is 115 cm³/mol. The molecular formula is C23H26N6O. The second kappa shape index (κ2) is 7.23. The van der Waals surface area contributed by atoms with Gasteiger partial charge in [0, 0.05) is 30.3 Å².